The van der Waals surface area contributed by atoms with E-state index < -0.39 is 35.5 Å². The fourth-order valence-corrected chi connectivity index (χ4v) is 8.73. The van der Waals surface area contributed by atoms with E-state index in [4.69, 9.17) is 9.47 Å². The molecule has 0 aliphatic carbocycles. The van der Waals surface area contributed by atoms with Gasteiger partial charge in [-0.1, -0.05) is 46.9 Å². The first-order valence-corrected chi connectivity index (χ1v) is 25.5. The Hall–Kier alpha value is -8.50. The molecule has 2 aromatic heterocycles. The van der Waals surface area contributed by atoms with E-state index in [1.807, 2.05) is 130 Å². The van der Waals surface area contributed by atoms with Gasteiger partial charge in [0.2, 0.25) is 11.8 Å². The number of carbonyl (C=O) groups is 4. The van der Waals surface area contributed by atoms with Gasteiger partial charge in [0.15, 0.2) is 0 Å². The third-order valence-electron chi connectivity index (χ3n) is 12.3. The van der Waals surface area contributed by atoms with Crippen LogP contribution < -0.4 is 10.6 Å². The molecule has 6 aromatic rings. The van der Waals surface area contributed by atoms with Crippen molar-refractivity contribution in [1.29, 1.82) is 0 Å². The second kappa shape index (κ2) is 23.8. The van der Waals surface area contributed by atoms with Crippen LogP contribution in [0.3, 0.4) is 0 Å². The van der Waals surface area contributed by atoms with Gasteiger partial charge >= 0.3 is 12.2 Å². The predicted octanol–water partition coefficient (Wildman–Crippen LogP) is 10.5. The fourth-order valence-electron chi connectivity index (χ4n) is 8.73. The summed E-state index contributed by atoms with van der Waals surface area (Å²) in [7, 11) is 3.63. The first-order valence-electron chi connectivity index (χ1n) is 25.5. The molecule has 2 saturated heterocycles. The summed E-state index contributed by atoms with van der Waals surface area (Å²) >= 11 is 0. The summed E-state index contributed by atoms with van der Waals surface area (Å²) in [4.78, 5) is 54.5. The van der Waals surface area contributed by atoms with E-state index in [1.165, 1.54) is 9.80 Å². The zero-order valence-corrected chi connectivity index (χ0v) is 45.1. The smallest absolute Gasteiger partial charge is 0.410 e. The van der Waals surface area contributed by atoms with E-state index in [-0.39, 0.29) is 23.3 Å². The molecule has 4 aromatic carbocycles. The molecular weight excluding hydrogens is 961 g/mol. The molecule has 4 N–H and O–H groups in total. The Morgan fingerprint density at radius 1 is 0.553 bits per heavy atom. The number of carbonyl (C=O) groups excluding carboxylic acids is 4. The lowest BCUT2D eigenvalue weighted by Gasteiger charge is -2.35. The highest BCUT2D eigenvalue weighted by Crippen LogP contribution is 2.33. The summed E-state index contributed by atoms with van der Waals surface area (Å²) in [5.74, 6) is 12.4. The summed E-state index contributed by atoms with van der Waals surface area (Å²) in [6, 6.07) is 24.1. The zero-order chi connectivity index (χ0) is 54.9. The van der Waals surface area contributed by atoms with Crippen LogP contribution in [0.4, 0.5) is 21.0 Å². The monoisotopic (exact) mass is 1030 g/mol. The van der Waals surface area contributed by atoms with Crippen LogP contribution in [0.2, 0.25) is 0 Å². The summed E-state index contributed by atoms with van der Waals surface area (Å²) in [6.45, 7) is 15.8. The normalized spacial score (nSPS) is 15.4. The van der Waals surface area contributed by atoms with Gasteiger partial charge in [0, 0.05) is 73.2 Å². The molecule has 0 saturated carbocycles. The van der Waals surface area contributed by atoms with E-state index in [9.17, 15) is 29.4 Å². The number of ether oxygens (including phenoxy) is 2. The first-order chi connectivity index (χ1) is 36.0. The molecule has 76 heavy (non-hydrogen) atoms. The van der Waals surface area contributed by atoms with Crippen LogP contribution in [-0.4, -0.2) is 99.9 Å². The van der Waals surface area contributed by atoms with Crippen molar-refractivity contribution >= 4 is 35.4 Å². The molecule has 2 aliphatic heterocycles. The number of amides is 4. The molecule has 396 valence electrons. The number of aryl methyl sites for hydroxylation is 4. The number of hydrogen-bond donors (Lipinski definition) is 4. The van der Waals surface area contributed by atoms with Crippen LogP contribution >= 0.6 is 0 Å². The Bertz CT molecular complexity index is 3000. The van der Waals surface area contributed by atoms with Crippen molar-refractivity contribution in [2.24, 2.45) is 14.1 Å². The third-order valence-corrected chi connectivity index (χ3v) is 12.3. The van der Waals surface area contributed by atoms with Crippen LogP contribution in [0.15, 0.2) is 97.3 Å². The number of phenols is 2. The maximum absolute atomic E-state index is 13.1. The topological polar surface area (TPSA) is 193 Å². The molecule has 4 amide bonds. The minimum Gasteiger partial charge on any atom is -0.507 e. The summed E-state index contributed by atoms with van der Waals surface area (Å²) < 4.78 is 14.4. The Labute approximate surface area is 445 Å². The van der Waals surface area contributed by atoms with Crippen LogP contribution in [0.5, 0.6) is 11.5 Å². The highest BCUT2D eigenvalue weighted by Gasteiger charge is 2.36. The van der Waals surface area contributed by atoms with Crippen molar-refractivity contribution in [2.45, 2.75) is 117 Å². The molecule has 0 bridgehead atoms. The Morgan fingerprint density at radius 3 is 1.28 bits per heavy atom. The standard InChI is InChI=1S/2C30H34N4O4/c2*1-20-9-16-26(35)24(18-20)27-22(19-33(5)32-27)13-10-21-11-14-23(15-12-21)31-28(36)25-8-6-7-17-34(25)29(37)38-30(2,3)4/h2*9,11-12,14-16,18-19,25,35H,6-8,17H2,1-5H3,(H,31,36)/t2*25-/m10/s1. The molecule has 2 atom stereocenters. The van der Waals surface area contributed by atoms with Crippen LogP contribution in [-0.2, 0) is 33.2 Å². The summed E-state index contributed by atoms with van der Waals surface area (Å²) in [5.41, 5.74) is 7.47. The van der Waals surface area contributed by atoms with Crippen LogP contribution in [0, 0.1) is 37.5 Å². The first kappa shape index (κ1) is 55.3. The average Bonchev–Trinajstić information content (AvgIpc) is 3.94. The lowest BCUT2D eigenvalue weighted by Crippen LogP contribution is -2.51. The lowest BCUT2D eigenvalue weighted by atomic mass is 10.0. The van der Waals surface area contributed by atoms with E-state index >= 15 is 0 Å². The van der Waals surface area contributed by atoms with Gasteiger partial charge in [-0.2, -0.15) is 10.2 Å². The van der Waals surface area contributed by atoms with Gasteiger partial charge in [-0.3, -0.25) is 28.8 Å². The van der Waals surface area contributed by atoms with Gasteiger partial charge in [-0.25, -0.2) is 9.59 Å². The summed E-state index contributed by atoms with van der Waals surface area (Å²) in [5, 5.41) is 35.5. The molecule has 0 spiro atoms. The molecular formula is C60H68N8O8. The van der Waals surface area contributed by atoms with E-state index in [0.717, 1.165) is 47.9 Å². The Morgan fingerprint density at radius 2 is 0.921 bits per heavy atom. The number of piperidine rings is 2. The molecule has 4 heterocycles. The molecule has 16 heteroatoms. The second-order valence-corrected chi connectivity index (χ2v) is 21.2. The minimum atomic E-state index is -0.622. The molecule has 2 aliphatic rings. The van der Waals surface area contributed by atoms with E-state index in [1.54, 1.807) is 45.8 Å². The predicted molar refractivity (Wildman–Crippen MR) is 293 cm³/mol. The largest absolute Gasteiger partial charge is 0.507 e. The van der Waals surface area contributed by atoms with Gasteiger partial charge < -0.3 is 30.3 Å². The van der Waals surface area contributed by atoms with Crippen LogP contribution in [0.1, 0.15) is 113 Å². The van der Waals surface area contributed by atoms with Crippen molar-refractivity contribution < 1.29 is 38.9 Å². The maximum Gasteiger partial charge on any atom is 0.410 e. The average molecular weight is 1030 g/mol. The zero-order valence-electron chi connectivity index (χ0n) is 45.1. The molecule has 0 unspecified atom stereocenters. The highest BCUT2D eigenvalue weighted by atomic mass is 16.6. The number of aromatic nitrogens is 4. The van der Waals surface area contributed by atoms with Crippen molar-refractivity contribution in [3.63, 3.8) is 0 Å². The molecule has 0 radical (unpaired) electrons. The Kier molecular flexibility index (Phi) is 17.3. The van der Waals surface area contributed by atoms with Crippen molar-refractivity contribution in [1.82, 2.24) is 29.4 Å². The number of nitrogens with zero attached hydrogens (tertiary/aromatic N) is 6. The van der Waals surface area contributed by atoms with Gasteiger partial charge in [0.1, 0.15) is 46.2 Å². The van der Waals surface area contributed by atoms with Gasteiger partial charge in [0.05, 0.1) is 11.1 Å². The van der Waals surface area contributed by atoms with Crippen molar-refractivity contribution in [3.05, 3.63) is 131 Å². The van der Waals surface area contributed by atoms with Crippen molar-refractivity contribution in [2.75, 3.05) is 23.7 Å². The number of anilines is 2. The lowest BCUT2D eigenvalue weighted by molar-refractivity contribution is -0.123. The number of likely N-dealkylation sites (tertiary alicyclic amines) is 2. The number of phenolic OH excluding ortho intramolecular Hbond substituents is 2. The van der Waals surface area contributed by atoms with Crippen LogP contribution in [0.25, 0.3) is 22.5 Å². The van der Waals surface area contributed by atoms with Gasteiger partial charge in [-0.05, 0) is 167 Å². The number of nitrogens with one attached hydrogen (secondary N) is 2. The Balaban J connectivity index is 0.000000221. The fraction of sp³-hybridized carbons (Fsp3) is 0.367. The number of rotatable bonds is 6. The SMILES string of the molecule is Cc1ccc(O)c(-c2nn(C)cc2C#Cc2ccc(NC(=O)[C@@H]3CCCCN3C(=O)OC(C)(C)C)cc2)c1.Cc1ccc(O)c(-c2nn(C)cc2C#Cc2ccc(NC(=O)[C@H]3CCCCN3C(=O)OC(C)(C)C)cc2)c1. The summed E-state index contributed by atoms with van der Waals surface area (Å²) in [6.07, 6.45) is 7.35. The number of hydrogen-bond acceptors (Lipinski definition) is 10. The van der Waals surface area contributed by atoms with Gasteiger partial charge in [-0.15, -0.1) is 0 Å². The highest BCUT2D eigenvalue weighted by molar-refractivity contribution is 5.97. The quantitative estimate of drug-likeness (QED) is 0.117. The van der Waals surface area contributed by atoms with E-state index in [0.29, 0.717) is 70.9 Å². The molecule has 8 rings (SSSR count). The second-order valence-electron chi connectivity index (χ2n) is 21.2. The number of aromatic hydroxyl groups is 2. The van der Waals surface area contributed by atoms with Gasteiger partial charge in [0.25, 0.3) is 0 Å². The molecule has 16 nitrogen and oxygen atoms in total. The third kappa shape index (κ3) is 14.8. The minimum absolute atomic E-state index is 0.153. The molecule has 2 fully saturated rings. The number of benzene rings is 4. The maximum atomic E-state index is 13.1. The van der Waals surface area contributed by atoms with E-state index in [2.05, 4.69) is 44.5 Å². The van der Waals surface area contributed by atoms with Crippen molar-refractivity contribution in [3.8, 4) is 57.7 Å².